The zero-order valence-corrected chi connectivity index (χ0v) is 6.27. The van der Waals surface area contributed by atoms with Gasteiger partial charge < -0.3 is 0 Å². The van der Waals surface area contributed by atoms with E-state index in [1.807, 2.05) is 19.9 Å². The molecule has 1 aliphatic heterocycles. The maximum atomic E-state index is 11.0. The van der Waals surface area contributed by atoms with Crippen LogP contribution in [-0.2, 0) is 4.79 Å². The van der Waals surface area contributed by atoms with Crippen molar-refractivity contribution in [3.05, 3.63) is 11.6 Å². The molecule has 0 aromatic rings. The Bertz CT molecular complexity index is 172. The van der Waals surface area contributed by atoms with Crippen LogP contribution in [0.1, 0.15) is 13.8 Å². The lowest BCUT2D eigenvalue weighted by Gasteiger charge is -2.16. The Balaban J connectivity index is 2.71. The number of carbonyl (C=O) groups is 1. The normalized spacial score (nSPS) is 18.7. The second kappa shape index (κ2) is 2.84. The minimum Gasteiger partial charge on any atom is -0.287 e. The van der Waals surface area contributed by atoms with Crippen LogP contribution >= 0.6 is 0 Å². The van der Waals surface area contributed by atoms with Gasteiger partial charge in [-0.05, 0) is 5.92 Å². The number of amides is 1. The summed E-state index contributed by atoms with van der Waals surface area (Å²) in [6, 6.07) is 0. The van der Waals surface area contributed by atoms with E-state index in [-0.39, 0.29) is 5.91 Å². The van der Waals surface area contributed by atoms with E-state index in [2.05, 4.69) is 10.9 Å². The molecule has 0 saturated heterocycles. The van der Waals surface area contributed by atoms with Gasteiger partial charge in [0, 0.05) is 12.1 Å². The fourth-order valence-electron chi connectivity index (χ4n) is 0.955. The number of hydrogen-bond donors (Lipinski definition) is 2. The van der Waals surface area contributed by atoms with Crippen LogP contribution in [0.4, 0.5) is 0 Å². The third kappa shape index (κ3) is 1.36. The molecule has 0 spiro atoms. The maximum Gasteiger partial charge on any atom is 0.261 e. The van der Waals surface area contributed by atoms with Crippen LogP contribution in [0.25, 0.3) is 0 Å². The first kappa shape index (κ1) is 7.28. The number of nitrogens with one attached hydrogen (secondary N) is 2. The number of hydrogen-bond acceptors (Lipinski definition) is 2. The van der Waals surface area contributed by atoms with E-state index in [0.717, 1.165) is 12.1 Å². The first-order chi connectivity index (χ1) is 4.72. The SMILES string of the molecule is CC(C)C1=CCNNC1=O. The van der Waals surface area contributed by atoms with Crippen LogP contribution in [0.3, 0.4) is 0 Å². The van der Waals surface area contributed by atoms with Gasteiger partial charge in [-0.3, -0.25) is 10.2 Å². The van der Waals surface area contributed by atoms with E-state index in [0.29, 0.717) is 5.92 Å². The molecule has 3 heteroatoms. The Labute approximate surface area is 60.5 Å². The second-order valence-corrected chi connectivity index (χ2v) is 2.65. The van der Waals surface area contributed by atoms with Crippen LogP contribution in [0.5, 0.6) is 0 Å². The third-order valence-electron chi connectivity index (χ3n) is 1.51. The monoisotopic (exact) mass is 140 g/mol. The van der Waals surface area contributed by atoms with Crippen molar-refractivity contribution in [2.75, 3.05) is 6.54 Å². The molecule has 0 bridgehead atoms. The second-order valence-electron chi connectivity index (χ2n) is 2.65. The quantitative estimate of drug-likeness (QED) is 0.546. The minimum atomic E-state index is 0.00116. The van der Waals surface area contributed by atoms with E-state index in [1.54, 1.807) is 0 Å². The van der Waals surface area contributed by atoms with Gasteiger partial charge in [0.1, 0.15) is 0 Å². The van der Waals surface area contributed by atoms with Gasteiger partial charge in [-0.2, -0.15) is 0 Å². The highest BCUT2D eigenvalue weighted by atomic mass is 16.2. The van der Waals surface area contributed by atoms with Crippen LogP contribution in [0.15, 0.2) is 11.6 Å². The molecule has 0 aliphatic carbocycles. The van der Waals surface area contributed by atoms with Crippen LogP contribution in [0, 0.1) is 5.92 Å². The predicted molar refractivity (Wildman–Crippen MR) is 39.1 cm³/mol. The molecule has 0 aromatic heterocycles. The number of carbonyl (C=O) groups excluding carboxylic acids is 1. The summed E-state index contributed by atoms with van der Waals surface area (Å²) in [7, 11) is 0. The topological polar surface area (TPSA) is 41.1 Å². The molecule has 1 aliphatic rings. The Morgan fingerprint density at radius 1 is 1.60 bits per heavy atom. The standard InChI is InChI=1S/C7H12N2O/c1-5(2)6-3-4-8-9-7(6)10/h3,5,8H,4H2,1-2H3,(H,9,10). The average Bonchev–Trinajstić information content (AvgIpc) is 1.88. The van der Waals surface area contributed by atoms with Gasteiger partial charge in [0.25, 0.3) is 5.91 Å². The van der Waals surface area contributed by atoms with Gasteiger partial charge in [0.05, 0.1) is 0 Å². The molecule has 2 N–H and O–H groups in total. The molecular formula is C7H12N2O. The first-order valence-corrected chi connectivity index (χ1v) is 3.45. The summed E-state index contributed by atoms with van der Waals surface area (Å²) in [5, 5.41) is 0. The lowest BCUT2D eigenvalue weighted by atomic mass is 10.0. The molecule has 0 unspecified atom stereocenters. The van der Waals surface area contributed by atoms with E-state index in [1.165, 1.54) is 0 Å². The molecular weight excluding hydrogens is 128 g/mol. The van der Waals surface area contributed by atoms with Gasteiger partial charge in [-0.15, -0.1) is 0 Å². The molecule has 0 saturated carbocycles. The first-order valence-electron chi connectivity index (χ1n) is 3.45. The van der Waals surface area contributed by atoms with Crippen molar-refractivity contribution in [3.8, 4) is 0 Å². The fraction of sp³-hybridized carbons (Fsp3) is 0.571. The van der Waals surface area contributed by atoms with Gasteiger partial charge in [-0.25, -0.2) is 5.43 Å². The maximum absolute atomic E-state index is 11.0. The Hall–Kier alpha value is -0.830. The zero-order valence-electron chi connectivity index (χ0n) is 6.27. The summed E-state index contributed by atoms with van der Waals surface area (Å²) in [4.78, 5) is 11.0. The summed E-state index contributed by atoms with van der Waals surface area (Å²) in [5.74, 6) is 0.323. The Morgan fingerprint density at radius 2 is 2.30 bits per heavy atom. The van der Waals surface area contributed by atoms with Crippen LogP contribution in [-0.4, -0.2) is 12.5 Å². The minimum absolute atomic E-state index is 0.00116. The molecule has 56 valence electrons. The molecule has 3 nitrogen and oxygen atoms in total. The van der Waals surface area contributed by atoms with Crippen molar-refractivity contribution in [2.45, 2.75) is 13.8 Å². The largest absolute Gasteiger partial charge is 0.287 e. The van der Waals surface area contributed by atoms with E-state index in [4.69, 9.17) is 0 Å². The molecule has 1 amide bonds. The highest BCUT2D eigenvalue weighted by Crippen LogP contribution is 2.09. The summed E-state index contributed by atoms with van der Waals surface area (Å²) in [6.07, 6.45) is 1.92. The van der Waals surface area contributed by atoms with E-state index < -0.39 is 0 Å². The predicted octanol–water partition coefficient (Wildman–Crippen LogP) is 0.203. The molecule has 0 atom stereocenters. The smallest absolute Gasteiger partial charge is 0.261 e. The van der Waals surface area contributed by atoms with Crippen LogP contribution in [0.2, 0.25) is 0 Å². The summed E-state index contributed by atoms with van der Waals surface area (Å²) >= 11 is 0. The van der Waals surface area contributed by atoms with Gasteiger partial charge >= 0.3 is 0 Å². The van der Waals surface area contributed by atoms with Crippen molar-refractivity contribution in [1.82, 2.24) is 10.9 Å². The highest BCUT2D eigenvalue weighted by Gasteiger charge is 2.14. The van der Waals surface area contributed by atoms with Crippen molar-refractivity contribution in [3.63, 3.8) is 0 Å². The van der Waals surface area contributed by atoms with Gasteiger partial charge in [-0.1, -0.05) is 19.9 Å². The molecule has 0 fully saturated rings. The van der Waals surface area contributed by atoms with Crippen molar-refractivity contribution in [2.24, 2.45) is 5.92 Å². The number of rotatable bonds is 1. The summed E-state index contributed by atoms with van der Waals surface area (Å²) in [6.45, 7) is 4.76. The zero-order chi connectivity index (χ0) is 7.56. The molecule has 10 heavy (non-hydrogen) atoms. The molecule has 1 rings (SSSR count). The lowest BCUT2D eigenvalue weighted by Crippen LogP contribution is -2.43. The third-order valence-corrected chi connectivity index (χ3v) is 1.51. The van der Waals surface area contributed by atoms with Crippen molar-refractivity contribution < 1.29 is 4.79 Å². The average molecular weight is 140 g/mol. The fourth-order valence-corrected chi connectivity index (χ4v) is 0.955. The molecule has 0 radical (unpaired) electrons. The highest BCUT2D eigenvalue weighted by molar-refractivity contribution is 5.94. The van der Waals surface area contributed by atoms with Gasteiger partial charge in [0.2, 0.25) is 0 Å². The van der Waals surface area contributed by atoms with Crippen molar-refractivity contribution in [1.29, 1.82) is 0 Å². The summed E-state index contributed by atoms with van der Waals surface area (Å²) < 4.78 is 0. The van der Waals surface area contributed by atoms with E-state index >= 15 is 0 Å². The Morgan fingerprint density at radius 3 is 2.70 bits per heavy atom. The van der Waals surface area contributed by atoms with Crippen molar-refractivity contribution >= 4 is 5.91 Å². The van der Waals surface area contributed by atoms with Gasteiger partial charge in [0.15, 0.2) is 0 Å². The lowest BCUT2D eigenvalue weighted by molar-refractivity contribution is -0.119. The van der Waals surface area contributed by atoms with Crippen LogP contribution < -0.4 is 10.9 Å². The number of hydrazine groups is 1. The Kier molecular flexibility index (Phi) is 2.06. The molecule has 1 heterocycles. The van der Waals surface area contributed by atoms with E-state index in [9.17, 15) is 4.79 Å². The summed E-state index contributed by atoms with van der Waals surface area (Å²) in [5.41, 5.74) is 6.17. The molecule has 0 aromatic carbocycles.